The van der Waals surface area contributed by atoms with Gasteiger partial charge in [0.15, 0.2) is 0 Å². The first kappa shape index (κ1) is 16.4. The van der Waals surface area contributed by atoms with Crippen molar-refractivity contribution in [1.82, 2.24) is 20.6 Å². The fourth-order valence-electron chi connectivity index (χ4n) is 1.82. The molecule has 2 aromatic heterocycles. The Bertz CT molecular complexity index is 672. The van der Waals surface area contributed by atoms with E-state index in [1.807, 2.05) is 13.0 Å². The Morgan fingerprint density at radius 3 is 2.78 bits per heavy atom. The SMILES string of the molecule is CC(CNC(=O)c1ccccn1)NC(=O)C=Cc1cccnc1. The molecule has 118 valence electrons. The summed E-state index contributed by atoms with van der Waals surface area (Å²) in [6, 6.07) is 8.58. The quantitative estimate of drug-likeness (QED) is 0.791. The molecule has 0 fully saturated rings. The molecule has 2 N–H and O–H groups in total. The average molecular weight is 310 g/mol. The number of pyridine rings is 2. The highest BCUT2D eigenvalue weighted by Crippen LogP contribution is 1.98. The van der Waals surface area contributed by atoms with Gasteiger partial charge in [0.05, 0.1) is 0 Å². The fourth-order valence-corrected chi connectivity index (χ4v) is 1.82. The maximum absolute atomic E-state index is 11.8. The van der Waals surface area contributed by atoms with Gasteiger partial charge in [-0.3, -0.25) is 19.6 Å². The Balaban J connectivity index is 1.76. The van der Waals surface area contributed by atoms with E-state index in [2.05, 4.69) is 20.6 Å². The molecule has 6 heteroatoms. The Labute approximate surface area is 134 Å². The predicted molar refractivity (Wildman–Crippen MR) is 87.4 cm³/mol. The maximum Gasteiger partial charge on any atom is 0.269 e. The van der Waals surface area contributed by atoms with Crippen molar-refractivity contribution in [3.05, 3.63) is 66.3 Å². The number of aromatic nitrogens is 2. The van der Waals surface area contributed by atoms with Crippen LogP contribution in [-0.2, 0) is 4.79 Å². The number of rotatable bonds is 6. The van der Waals surface area contributed by atoms with Crippen molar-refractivity contribution >= 4 is 17.9 Å². The summed E-state index contributed by atoms with van der Waals surface area (Å²) in [5.74, 6) is -0.494. The molecule has 2 amide bonds. The number of hydrogen-bond donors (Lipinski definition) is 2. The molecule has 0 radical (unpaired) electrons. The van der Waals surface area contributed by atoms with Gasteiger partial charge in [-0.25, -0.2) is 0 Å². The van der Waals surface area contributed by atoms with Crippen LogP contribution < -0.4 is 10.6 Å². The van der Waals surface area contributed by atoms with Crippen molar-refractivity contribution in [3.63, 3.8) is 0 Å². The van der Waals surface area contributed by atoms with Crippen LogP contribution in [-0.4, -0.2) is 34.4 Å². The van der Waals surface area contributed by atoms with Crippen molar-refractivity contribution in [2.24, 2.45) is 0 Å². The molecule has 1 atom stereocenters. The first-order valence-corrected chi connectivity index (χ1v) is 7.23. The van der Waals surface area contributed by atoms with Gasteiger partial charge in [-0.05, 0) is 36.8 Å². The van der Waals surface area contributed by atoms with Crippen LogP contribution in [0.1, 0.15) is 23.0 Å². The van der Waals surface area contributed by atoms with Gasteiger partial charge >= 0.3 is 0 Å². The van der Waals surface area contributed by atoms with E-state index in [-0.39, 0.29) is 17.9 Å². The summed E-state index contributed by atoms with van der Waals surface area (Å²) in [5, 5.41) is 5.50. The summed E-state index contributed by atoms with van der Waals surface area (Å²) >= 11 is 0. The molecule has 0 aliphatic rings. The van der Waals surface area contributed by atoms with Crippen LogP contribution in [0.4, 0.5) is 0 Å². The van der Waals surface area contributed by atoms with Gasteiger partial charge < -0.3 is 10.6 Å². The van der Waals surface area contributed by atoms with E-state index in [1.165, 1.54) is 6.08 Å². The van der Waals surface area contributed by atoms with Crippen LogP contribution in [0.5, 0.6) is 0 Å². The van der Waals surface area contributed by atoms with Gasteiger partial charge in [-0.2, -0.15) is 0 Å². The minimum Gasteiger partial charge on any atom is -0.349 e. The molecule has 0 bridgehead atoms. The molecule has 0 aliphatic carbocycles. The first-order chi connectivity index (χ1) is 11.1. The molecule has 0 saturated heterocycles. The third kappa shape index (κ3) is 5.70. The molecular formula is C17H18N4O2. The van der Waals surface area contributed by atoms with Crippen LogP contribution in [0, 0.1) is 0 Å². The van der Waals surface area contributed by atoms with Crippen LogP contribution in [0.25, 0.3) is 6.08 Å². The minimum absolute atomic E-state index is 0.200. The molecular weight excluding hydrogens is 292 g/mol. The molecule has 0 aromatic carbocycles. The molecule has 2 aromatic rings. The third-order valence-corrected chi connectivity index (χ3v) is 2.97. The number of amides is 2. The smallest absolute Gasteiger partial charge is 0.269 e. The second-order valence-corrected chi connectivity index (χ2v) is 4.95. The summed E-state index contributed by atoms with van der Waals surface area (Å²) in [5.41, 5.74) is 1.20. The van der Waals surface area contributed by atoms with Crippen molar-refractivity contribution in [2.75, 3.05) is 6.54 Å². The minimum atomic E-state index is -0.266. The molecule has 0 saturated carbocycles. The van der Waals surface area contributed by atoms with Gasteiger partial charge in [0.25, 0.3) is 5.91 Å². The van der Waals surface area contributed by atoms with E-state index < -0.39 is 0 Å². The van der Waals surface area contributed by atoms with E-state index >= 15 is 0 Å². The van der Waals surface area contributed by atoms with Crippen molar-refractivity contribution in [1.29, 1.82) is 0 Å². The zero-order valence-electron chi connectivity index (χ0n) is 12.8. The lowest BCUT2D eigenvalue weighted by atomic mass is 10.2. The largest absolute Gasteiger partial charge is 0.349 e. The number of nitrogens with one attached hydrogen (secondary N) is 2. The highest BCUT2D eigenvalue weighted by atomic mass is 16.2. The zero-order valence-corrected chi connectivity index (χ0v) is 12.8. The highest BCUT2D eigenvalue weighted by Gasteiger charge is 2.09. The average Bonchev–Trinajstić information content (AvgIpc) is 2.59. The van der Waals surface area contributed by atoms with Gasteiger partial charge in [0.1, 0.15) is 5.69 Å². The maximum atomic E-state index is 11.8. The topological polar surface area (TPSA) is 84.0 Å². The summed E-state index contributed by atoms with van der Waals surface area (Å²) in [6.07, 6.45) is 8.02. The summed E-state index contributed by atoms with van der Waals surface area (Å²) in [6.45, 7) is 2.14. The van der Waals surface area contributed by atoms with E-state index in [0.717, 1.165) is 5.56 Å². The van der Waals surface area contributed by atoms with Crippen LogP contribution in [0.3, 0.4) is 0 Å². The number of hydrogen-bond acceptors (Lipinski definition) is 4. The fraction of sp³-hybridized carbons (Fsp3) is 0.176. The Hall–Kier alpha value is -3.02. The zero-order chi connectivity index (χ0) is 16.5. The molecule has 2 heterocycles. The monoisotopic (exact) mass is 310 g/mol. The highest BCUT2D eigenvalue weighted by molar-refractivity contribution is 5.93. The van der Waals surface area contributed by atoms with E-state index in [4.69, 9.17) is 0 Å². The normalized spacial score (nSPS) is 11.9. The van der Waals surface area contributed by atoms with Crippen molar-refractivity contribution in [3.8, 4) is 0 Å². The van der Waals surface area contributed by atoms with Gasteiger partial charge in [-0.15, -0.1) is 0 Å². The lowest BCUT2D eigenvalue weighted by Gasteiger charge is -2.13. The van der Waals surface area contributed by atoms with E-state index in [1.54, 1.807) is 48.9 Å². The number of carbonyl (C=O) groups is 2. The third-order valence-electron chi connectivity index (χ3n) is 2.97. The van der Waals surface area contributed by atoms with Crippen molar-refractivity contribution < 1.29 is 9.59 Å². The number of nitrogens with zero attached hydrogens (tertiary/aromatic N) is 2. The van der Waals surface area contributed by atoms with Crippen LogP contribution in [0.15, 0.2) is 55.0 Å². The van der Waals surface area contributed by atoms with Crippen LogP contribution >= 0.6 is 0 Å². The second-order valence-electron chi connectivity index (χ2n) is 4.95. The number of carbonyl (C=O) groups excluding carboxylic acids is 2. The van der Waals surface area contributed by atoms with Crippen molar-refractivity contribution in [2.45, 2.75) is 13.0 Å². The van der Waals surface area contributed by atoms with E-state index in [9.17, 15) is 9.59 Å². The molecule has 23 heavy (non-hydrogen) atoms. The molecule has 2 rings (SSSR count). The van der Waals surface area contributed by atoms with Gasteiger partial charge in [0.2, 0.25) is 5.91 Å². The first-order valence-electron chi connectivity index (χ1n) is 7.23. The second kappa shape index (κ2) is 8.43. The van der Waals surface area contributed by atoms with Gasteiger partial charge in [-0.1, -0.05) is 12.1 Å². The Kier molecular flexibility index (Phi) is 5.99. The molecule has 6 nitrogen and oxygen atoms in total. The predicted octanol–water partition coefficient (Wildman–Crippen LogP) is 1.42. The lowest BCUT2D eigenvalue weighted by molar-refractivity contribution is -0.117. The summed E-state index contributed by atoms with van der Waals surface area (Å²) in [4.78, 5) is 31.6. The van der Waals surface area contributed by atoms with E-state index in [0.29, 0.717) is 12.2 Å². The molecule has 1 unspecified atom stereocenters. The summed E-state index contributed by atoms with van der Waals surface area (Å²) in [7, 11) is 0. The Morgan fingerprint density at radius 2 is 2.09 bits per heavy atom. The van der Waals surface area contributed by atoms with Gasteiger partial charge in [0, 0.05) is 37.3 Å². The molecule has 0 spiro atoms. The van der Waals surface area contributed by atoms with Crippen LogP contribution in [0.2, 0.25) is 0 Å². The Morgan fingerprint density at radius 1 is 1.22 bits per heavy atom. The summed E-state index contributed by atoms with van der Waals surface area (Å²) < 4.78 is 0. The lowest BCUT2D eigenvalue weighted by Crippen LogP contribution is -2.41. The standard InChI is InChI=1S/C17H18N4O2/c1-13(11-20-17(23)15-6-2-3-10-19-15)21-16(22)8-7-14-5-4-9-18-12-14/h2-10,12-13H,11H2,1H3,(H,20,23)(H,21,22). The molecule has 0 aliphatic heterocycles.